The van der Waals surface area contributed by atoms with Crippen LogP contribution in [0.5, 0.6) is 0 Å². The van der Waals surface area contributed by atoms with E-state index >= 15 is 0 Å². The highest BCUT2D eigenvalue weighted by molar-refractivity contribution is 8.00. The number of aromatic nitrogens is 2. The molecule has 0 radical (unpaired) electrons. The van der Waals surface area contributed by atoms with E-state index < -0.39 is 5.25 Å². The van der Waals surface area contributed by atoms with Crippen molar-refractivity contribution in [2.75, 3.05) is 16.8 Å². The average molecular weight is 335 g/mol. The van der Waals surface area contributed by atoms with E-state index in [1.807, 2.05) is 13.8 Å². The van der Waals surface area contributed by atoms with Gasteiger partial charge in [-0.15, -0.1) is 0 Å². The molecule has 2 aromatic rings. The van der Waals surface area contributed by atoms with Gasteiger partial charge in [-0.3, -0.25) is 4.79 Å². The Bertz CT molecular complexity index is 673. The molecule has 1 heterocycles. The van der Waals surface area contributed by atoms with E-state index in [1.54, 1.807) is 0 Å². The normalized spacial score (nSPS) is 12.2. The maximum absolute atomic E-state index is 12.9. The van der Waals surface area contributed by atoms with Crippen molar-refractivity contribution in [2.45, 2.75) is 24.3 Å². The van der Waals surface area contributed by atoms with Crippen molar-refractivity contribution in [1.29, 1.82) is 0 Å². The highest BCUT2D eigenvalue weighted by Crippen LogP contribution is 2.28. The lowest BCUT2D eigenvalue weighted by atomic mass is 10.1. The predicted molar refractivity (Wildman–Crippen MR) is 90.4 cm³/mol. The Hall–Kier alpha value is -2.35. The van der Waals surface area contributed by atoms with Crippen LogP contribution in [-0.4, -0.2) is 21.1 Å². The number of amides is 1. The molecule has 2 rings (SSSR count). The Morgan fingerprint density at radius 2 is 1.74 bits per heavy atom. The van der Waals surface area contributed by atoms with E-state index in [4.69, 9.17) is 11.5 Å². The molecule has 0 aliphatic carbocycles. The van der Waals surface area contributed by atoms with Crippen molar-refractivity contribution in [3.05, 3.63) is 36.1 Å². The van der Waals surface area contributed by atoms with Crippen LogP contribution in [0.3, 0.4) is 0 Å². The van der Waals surface area contributed by atoms with Crippen LogP contribution in [0.4, 0.5) is 21.7 Å². The number of nitrogen functional groups attached to an aromatic ring is 2. The van der Waals surface area contributed by atoms with E-state index in [1.165, 1.54) is 42.1 Å². The van der Waals surface area contributed by atoms with Crippen LogP contribution in [0.1, 0.15) is 13.8 Å². The quantitative estimate of drug-likeness (QED) is 0.572. The molecule has 1 aromatic carbocycles. The summed E-state index contributed by atoms with van der Waals surface area (Å²) in [6.07, 6.45) is 0. The van der Waals surface area contributed by atoms with Crippen LogP contribution >= 0.6 is 11.8 Å². The fraction of sp³-hybridized carbons (Fsp3) is 0.267. The second kappa shape index (κ2) is 7.28. The fourth-order valence-electron chi connectivity index (χ4n) is 1.87. The summed E-state index contributed by atoms with van der Waals surface area (Å²) in [5, 5.41) is 2.66. The Morgan fingerprint density at radius 1 is 1.17 bits per heavy atom. The van der Waals surface area contributed by atoms with Crippen molar-refractivity contribution in [3.63, 3.8) is 0 Å². The summed E-state index contributed by atoms with van der Waals surface area (Å²) in [5.41, 5.74) is 11.8. The first kappa shape index (κ1) is 17.0. The van der Waals surface area contributed by atoms with Crippen LogP contribution in [0.25, 0.3) is 0 Å². The summed E-state index contributed by atoms with van der Waals surface area (Å²) in [4.78, 5) is 20.6. The largest absolute Gasteiger partial charge is 0.383 e. The number of hydrogen-bond donors (Lipinski definition) is 3. The molecule has 1 amide bonds. The molecule has 0 aliphatic rings. The molecule has 0 saturated carbocycles. The zero-order valence-corrected chi connectivity index (χ0v) is 13.6. The summed E-state index contributed by atoms with van der Waals surface area (Å²) in [7, 11) is 0. The van der Waals surface area contributed by atoms with Gasteiger partial charge in [-0.2, -0.15) is 0 Å². The van der Waals surface area contributed by atoms with Gasteiger partial charge < -0.3 is 16.8 Å². The Morgan fingerprint density at radius 3 is 2.26 bits per heavy atom. The molecular formula is C15H18FN5OS. The Balaban J connectivity index is 2.13. The minimum absolute atomic E-state index is 0.0201. The van der Waals surface area contributed by atoms with Crippen LogP contribution in [-0.2, 0) is 4.79 Å². The summed E-state index contributed by atoms with van der Waals surface area (Å²) in [6.45, 7) is 3.83. The number of thioether (sulfide) groups is 1. The third kappa shape index (κ3) is 4.82. The first-order valence-electron chi connectivity index (χ1n) is 6.98. The van der Waals surface area contributed by atoms with Crippen molar-refractivity contribution in [1.82, 2.24) is 9.97 Å². The van der Waals surface area contributed by atoms with Crippen LogP contribution in [0.15, 0.2) is 35.5 Å². The number of nitrogens with zero attached hydrogens (tertiary/aromatic N) is 2. The van der Waals surface area contributed by atoms with Crippen molar-refractivity contribution >= 4 is 35.0 Å². The van der Waals surface area contributed by atoms with Gasteiger partial charge in [0.1, 0.15) is 17.5 Å². The van der Waals surface area contributed by atoms with Crippen LogP contribution in [0, 0.1) is 11.7 Å². The highest BCUT2D eigenvalue weighted by atomic mass is 32.2. The molecule has 0 spiro atoms. The molecule has 1 unspecified atom stereocenters. The predicted octanol–water partition coefficient (Wildman–Crippen LogP) is 2.54. The SMILES string of the molecule is CC(C)C(Sc1nc(N)cc(N)n1)C(=O)Nc1ccc(F)cc1. The van der Waals surface area contributed by atoms with E-state index in [2.05, 4.69) is 15.3 Å². The topological polar surface area (TPSA) is 107 Å². The molecular weight excluding hydrogens is 317 g/mol. The third-order valence-electron chi connectivity index (χ3n) is 2.95. The first-order valence-corrected chi connectivity index (χ1v) is 7.86. The number of rotatable bonds is 5. The second-order valence-electron chi connectivity index (χ2n) is 5.28. The van der Waals surface area contributed by atoms with Crippen LogP contribution < -0.4 is 16.8 Å². The molecule has 23 heavy (non-hydrogen) atoms. The summed E-state index contributed by atoms with van der Waals surface area (Å²) >= 11 is 1.19. The molecule has 0 fully saturated rings. The van der Waals surface area contributed by atoms with Crippen molar-refractivity contribution in [2.24, 2.45) is 5.92 Å². The number of halogens is 1. The lowest BCUT2D eigenvalue weighted by molar-refractivity contribution is -0.116. The fourth-order valence-corrected chi connectivity index (χ4v) is 2.85. The Labute approximate surface area is 137 Å². The average Bonchev–Trinajstić information content (AvgIpc) is 2.45. The number of carbonyl (C=O) groups excluding carboxylic acids is 1. The molecule has 1 aromatic heterocycles. The monoisotopic (exact) mass is 335 g/mol. The number of nitrogens with two attached hydrogens (primary N) is 2. The number of carbonyl (C=O) groups is 1. The molecule has 0 bridgehead atoms. The molecule has 122 valence electrons. The van der Waals surface area contributed by atoms with E-state index in [0.29, 0.717) is 10.8 Å². The first-order chi connectivity index (χ1) is 10.8. The summed E-state index contributed by atoms with van der Waals surface area (Å²) < 4.78 is 12.9. The van der Waals surface area contributed by atoms with E-state index in [9.17, 15) is 9.18 Å². The van der Waals surface area contributed by atoms with E-state index in [0.717, 1.165) is 0 Å². The molecule has 1 atom stereocenters. The zero-order chi connectivity index (χ0) is 17.0. The molecule has 5 N–H and O–H groups in total. The van der Waals surface area contributed by atoms with Gasteiger partial charge in [0.05, 0.1) is 5.25 Å². The lowest BCUT2D eigenvalue weighted by Gasteiger charge is -2.19. The molecule has 6 nitrogen and oxygen atoms in total. The van der Waals surface area contributed by atoms with Gasteiger partial charge in [0.15, 0.2) is 5.16 Å². The van der Waals surface area contributed by atoms with Crippen molar-refractivity contribution in [3.8, 4) is 0 Å². The van der Waals surface area contributed by atoms with Gasteiger partial charge in [0.2, 0.25) is 5.91 Å². The summed E-state index contributed by atoms with van der Waals surface area (Å²) in [6, 6.07) is 7.03. The van der Waals surface area contributed by atoms with Gasteiger partial charge in [-0.1, -0.05) is 25.6 Å². The second-order valence-corrected chi connectivity index (χ2v) is 6.39. The van der Waals surface area contributed by atoms with Crippen molar-refractivity contribution < 1.29 is 9.18 Å². The zero-order valence-electron chi connectivity index (χ0n) is 12.8. The maximum Gasteiger partial charge on any atom is 0.238 e. The number of benzene rings is 1. The molecule has 8 heteroatoms. The third-order valence-corrected chi connectivity index (χ3v) is 4.36. The van der Waals surface area contributed by atoms with Crippen LogP contribution in [0.2, 0.25) is 0 Å². The van der Waals surface area contributed by atoms with E-state index in [-0.39, 0.29) is 29.3 Å². The van der Waals surface area contributed by atoms with Gasteiger partial charge >= 0.3 is 0 Å². The Kier molecular flexibility index (Phi) is 5.38. The minimum atomic E-state index is -0.443. The summed E-state index contributed by atoms with van der Waals surface area (Å²) in [5.74, 6) is -0.0581. The number of anilines is 3. The highest BCUT2D eigenvalue weighted by Gasteiger charge is 2.25. The number of nitrogens with one attached hydrogen (secondary N) is 1. The minimum Gasteiger partial charge on any atom is -0.383 e. The van der Waals surface area contributed by atoms with Gasteiger partial charge in [-0.25, -0.2) is 14.4 Å². The number of hydrogen-bond acceptors (Lipinski definition) is 6. The standard InChI is InChI=1S/C15H18FN5OS/c1-8(2)13(23-15-20-11(17)7-12(18)21-15)14(22)19-10-5-3-9(16)4-6-10/h3-8,13H,1-2H3,(H,19,22)(H4,17,18,20,21). The van der Waals surface area contributed by atoms with Gasteiger partial charge in [0, 0.05) is 11.8 Å². The smallest absolute Gasteiger partial charge is 0.238 e. The van der Waals surface area contributed by atoms with Gasteiger partial charge in [0.25, 0.3) is 0 Å². The molecule has 0 aliphatic heterocycles. The lowest BCUT2D eigenvalue weighted by Crippen LogP contribution is -2.29. The van der Waals surface area contributed by atoms with Gasteiger partial charge in [-0.05, 0) is 30.2 Å². The molecule has 0 saturated heterocycles. The maximum atomic E-state index is 12.9.